The Morgan fingerprint density at radius 3 is 0.860 bits per heavy atom. The van der Waals surface area contributed by atoms with Gasteiger partial charge >= 0.3 is 11.9 Å². The van der Waals surface area contributed by atoms with Crippen LogP contribution < -0.4 is 0 Å². The summed E-state index contributed by atoms with van der Waals surface area (Å²) in [5.41, 5.74) is 0. The Balaban J connectivity index is 3.87. The van der Waals surface area contributed by atoms with Gasteiger partial charge < -0.3 is 9.84 Å². The van der Waals surface area contributed by atoms with Crippen molar-refractivity contribution >= 4 is 11.9 Å². The van der Waals surface area contributed by atoms with Gasteiger partial charge in [0.2, 0.25) is 0 Å². The molecule has 0 bridgehead atoms. The quantitative estimate of drug-likeness (QED) is 0.0506. The van der Waals surface area contributed by atoms with Gasteiger partial charge in [-0.15, -0.1) is 0 Å². The standard InChI is InChI=1S/C46H90O4/c1-3-5-7-9-11-13-15-17-19-21-22-23-25-27-29-31-33-35-37-41-44(50-46(49)43-39-38-42-45(47)48)40-36-34-32-30-28-26-24-20-18-16-14-12-10-8-6-4-2/h44H,3-43H2,1-2H3,(H,47,48). The van der Waals surface area contributed by atoms with Gasteiger partial charge in [0.15, 0.2) is 0 Å². The fourth-order valence-electron chi connectivity index (χ4n) is 7.42. The number of ether oxygens (including phenoxy) is 1. The van der Waals surface area contributed by atoms with E-state index in [0.717, 1.165) is 25.7 Å². The smallest absolute Gasteiger partial charge is 0.306 e. The summed E-state index contributed by atoms with van der Waals surface area (Å²) in [6, 6.07) is 0. The van der Waals surface area contributed by atoms with E-state index in [4.69, 9.17) is 9.84 Å². The van der Waals surface area contributed by atoms with Crippen LogP contribution in [0.1, 0.15) is 277 Å². The Labute approximate surface area is 313 Å². The summed E-state index contributed by atoms with van der Waals surface area (Å²) in [6.07, 6.45) is 51.9. The van der Waals surface area contributed by atoms with Crippen molar-refractivity contribution in [1.82, 2.24) is 0 Å². The molecule has 4 heteroatoms. The van der Waals surface area contributed by atoms with Crippen molar-refractivity contribution < 1.29 is 19.4 Å². The third kappa shape index (κ3) is 41.4. The second-order valence-electron chi connectivity index (χ2n) is 16.0. The van der Waals surface area contributed by atoms with Crippen molar-refractivity contribution in [2.24, 2.45) is 0 Å². The van der Waals surface area contributed by atoms with Crippen molar-refractivity contribution in [3.63, 3.8) is 0 Å². The Morgan fingerprint density at radius 1 is 0.360 bits per heavy atom. The number of hydrogen-bond donors (Lipinski definition) is 1. The van der Waals surface area contributed by atoms with E-state index >= 15 is 0 Å². The van der Waals surface area contributed by atoms with Crippen LogP contribution in [0.5, 0.6) is 0 Å². The minimum atomic E-state index is -0.788. The SMILES string of the molecule is CCCCCCCCCCCCCCCCCCCCCC(CCCCCCCCCCCCCCCCCC)OC(=O)CCCCC(=O)O. The van der Waals surface area contributed by atoms with Crippen LogP contribution in [0, 0.1) is 0 Å². The van der Waals surface area contributed by atoms with Crippen LogP contribution in [0.25, 0.3) is 0 Å². The molecule has 0 aromatic rings. The van der Waals surface area contributed by atoms with Gasteiger partial charge in [-0.3, -0.25) is 9.59 Å². The maximum Gasteiger partial charge on any atom is 0.306 e. The molecule has 0 radical (unpaired) electrons. The maximum atomic E-state index is 12.5. The van der Waals surface area contributed by atoms with E-state index in [2.05, 4.69) is 13.8 Å². The summed E-state index contributed by atoms with van der Waals surface area (Å²) in [4.78, 5) is 23.3. The van der Waals surface area contributed by atoms with Crippen LogP contribution in [-0.2, 0) is 14.3 Å². The number of carboxylic acid groups (broad SMARTS) is 1. The molecule has 0 amide bonds. The van der Waals surface area contributed by atoms with Crippen molar-refractivity contribution in [2.75, 3.05) is 0 Å². The number of aliphatic carboxylic acids is 1. The number of carbonyl (C=O) groups excluding carboxylic acids is 1. The van der Waals surface area contributed by atoms with Gasteiger partial charge in [-0.1, -0.05) is 226 Å². The van der Waals surface area contributed by atoms with Crippen LogP contribution >= 0.6 is 0 Å². The maximum absolute atomic E-state index is 12.5. The molecule has 0 rings (SSSR count). The van der Waals surface area contributed by atoms with Crippen LogP contribution in [0.4, 0.5) is 0 Å². The Bertz CT molecular complexity index is 677. The number of hydrogen-bond acceptors (Lipinski definition) is 3. The van der Waals surface area contributed by atoms with Crippen molar-refractivity contribution in [1.29, 1.82) is 0 Å². The van der Waals surface area contributed by atoms with E-state index in [0.29, 0.717) is 19.3 Å². The summed E-state index contributed by atoms with van der Waals surface area (Å²) in [6.45, 7) is 4.58. The summed E-state index contributed by atoms with van der Waals surface area (Å²) in [5, 5.41) is 8.86. The Hall–Kier alpha value is -1.06. The minimum absolute atomic E-state index is 0.0411. The first-order valence-corrected chi connectivity index (χ1v) is 23.0. The average Bonchev–Trinajstić information content (AvgIpc) is 3.10. The average molecular weight is 707 g/mol. The monoisotopic (exact) mass is 707 g/mol. The van der Waals surface area contributed by atoms with Gasteiger partial charge in [-0.05, 0) is 38.5 Å². The molecule has 0 heterocycles. The molecule has 0 aliphatic heterocycles. The largest absolute Gasteiger partial charge is 0.481 e. The topological polar surface area (TPSA) is 63.6 Å². The second-order valence-corrected chi connectivity index (χ2v) is 16.0. The molecule has 0 aliphatic carbocycles. The Morgan fingerprint density at radius 2 is 0.600 bits per heavy atom. The summed E-state index contributed by atoms with van der Waals surface area (Å²) in [7, 11) is 0. The molecule has 1 N–H and O–H groups in total. The molecular formula is C46H90O4. The lowest BCUT2D eigenvalue weighted by atomic mass is 10.0. The van der Waals surface area contributed by atoms with Gasteiger partial charge in [0.25, 0.3) is 0 Å². The number of carboxylic acids is 1. The molecule has 0 saturated carbocycles. The highest BCUT2D eigenvalue weighted by Gasteiger charge is 2.14. The predicted molar refractivity (Wildman–Crippen MR) is 218 cm³/mol. The van der Waals surface area contributed by atoms with Crippen LogP contribution in [0.2, 0.25) is 0 Å². The van der Waals surface area contributed by atoms with Gasteiger partial charge in [-0.25, -0.2) is 0 Å². The number of carbonyl (C=O) groups is 2. The summed E-state index contributed by atoms with van der Waals surface area (Å²) >= 11 is 0. The summed E-state index contributed by atoms with van der Waals surface area (Å²) in [5.74, 6) is -0.918. The highest BCUT2D eigenvalue weighted by Crippen LogP contribution is 2.20. The van der Waals surface area contributed by atoms with Crippen molar-refractivity contribution in [3.8, 4) is 0 Å². The molecule has 0 aromatic carbocycles. The third-order valence-electron chi connectivity index (χ3n) is 10.8. The van der Waals surface area contributed by atoms with Gasteiger partial charge in [-0.2, -0.15) is 0 Å². The molecule has 0 aliphatic rings. The molecule has 1 unspecified atom stereocenters. The van der Waals surface area contributed by atoms with E-state index in [-0.39, 0.29) is 18.5 Å². The number of esters is 1. The fraction of sp³-hybridized carbons (Fsp3) is 0.957. The molecule has 298 valence electrons. The van der Waals surface area contributed by atoms with E-state index in [1.54, 1.807) is 0 Å². The number of rotatable bonds is 43. The van der Waals surface area contributed by atoms with Gasteiger partial charge in [0.05, 0.1) is 0 Å². The van der Waals surface area contributed by atoms with Gasteiger partial charge in [0, 0.05) is 12.8 Å². The van der Waals surface area contributed by atoms with Crippen LogP contribution in [0.15, 0.2) is 0 Å². The van der Waals surface area contributed by atoms with Crippen molar-refractivity contribution in [3.05, 3.63) is 0 Å². The molecule has 0 fully saturated rings. The zero-order chi connectivity index (χ0) is 36.4. The van der Waals surface area contributed by atoms with Crippen LogP contribution in [-0.4, -0.2) is 23.1 Å². The van der Waals surface area contributed by atoms with E-state index in [1.807, 2.05) is 0 Å². The lowest BCUT2D eigenvalue weighted by molar-refractivity contribution is -0.150. The van der Waals surface area contributed by atoms with E-state index < -0.39 is 5.97 Å². The summed E-state index contributed by atoms with van der Waals surface area (Å²) < 4.78 is 5.93. The lowest BCUT2D eigenvalue weighted by Gasteiger charge is -2.18. The third-order valence-corrected chi connectivity index (χ3v) is 10.8. The van der Waals surface area contributed by atoms with E-state index in [1.165, 1.54) is 212 Å². The van der Waals surface area contributed by atoms with Crippen LogP contribution in [0.3, 0.4) is 0 Å². The highest BCUT2D eigenvalue weighted by molar-refractivity contribution is 5.70. The normalized spacial score (nSPS) is 12.0. The molecule has 1 atom stereocenters. The minimum Gasteiger partial charge on any atom is -0.481 e. The first-order chi connectivity index (χ1) is 24.6. The predicted octanol–water partition coefficient (Wildman–Crippen LogP) is 16.0. The Kier molecular flexibility index (Phi) is 41.5. The van der Waals surface area contributed by atoms with Gasteiger partial charge in [0.1, 0.15) is 6.10 Å². The molecule has 0 spiro atoms. The molecule has 0 aromatic heterocycles. The second kappa shape index (κ2) is 42.4. The zero-order valence-corrected chi connectivity index (χ0v) is 34.2. The molecule has 4 nitrogen and oxygen atoms in total. The molecule has 50 heavy (non-hydrogen) atoms. The first-order valence-electron chi connectivity index (χ1n) is 23.0. The molecule has 0 saturated heterocycles. The fourth-order valence-corrected chi connectivity index (χ4v) is 7.42. The van der Waals surface area contributed by atoms with Crippen molar-refractivity contribution in [2.45, 2.75) is 283 Å². The highest BCUT2D eigenvalue weighted by atomic mass is 16.5. The molecular weight excluding hydrogens is 617 g/mol. The number of unbranched alkanes of at least 4 members (excludes halogenated alkanes) is 34. The lowest BCUT2D eigenvalue weighted by Crippen LogP contribution is -2.18. The van der Waals surface area contributed by atoms with E-state index in [9.17, 15) is 9.59 Å². The first kappa shape index (κ1) is 48.9. The zero-order valence-electron chi connectivity index (χ0n) is 34.2.